The fourth-order valence-corrected chi connectivity index (χ4v) is 1.44. The van der Waals surface area contributed by atoms with Crippen LogP contribution in [0.3, 0.4) is 0 Å². The molecule has 0 N–H and O–H groups in total. The molecule has 0 unspecified atom stereocenters. The van der Waals surface area contributed by atoms with Crippen LogP contribution in [0.1, 0.15) is 0 Å². The Bertz CT molecular complexity index is 650. The SMILES string of the molecule is N#Cn1oc(=O)o1.c1ccc(-c2ccccc2)cc1. The van der Waals surface area contributed by atoms with E-state index in [9.17, 15) is 4.79 Å². The van der Waals surface area contributed by atoms with E-state index in [-0.39, 0.29) is 0 Å². The Morgan fingerprint density at radius 3 is 1.53 bits per heavy atom. The molecule has 0 saturated heterocycles. The molecule has 0 aliphatic rings. The van der Waals surface area contributed by atoms with Gasteiger partial charge in [0.1, 0.15) is 0 Å². The summed E-state index contributed by atoms with van der Waals surface area (Å²) in [4.78, 5) is 10.0. The quantitative estimate of drug-likeness (QED) is 0.669. The van der Waals surface area contributed by atoms with Gasteiger partial charge in [-0.15, -0.1) is 0 Å². The zero-order valence-corrected chi connectivity index (χ0v) is 9.89. The first-order valence-corrected chi connectivity index (χ1v) is 5.50. The maximum absolute atomic E-state index is 9.63. The lowest BCUT2D eigenvalue weighted by molar-refractivity contribution is -0.0369. The van der Waals surface area contributed by atoms with Crippen LogP contribution in [0.2, 0.25) is 0 Å². The Morgan fingerprint density at radius 2 is 1.26 bits per heavy atom. The number of nitriles is 1. The molecule has 0 spiro atoms. The van der Waals surface area contributed by atoms with E-state index in [1.807, 2.05) is 12.1 Å². The third-order valence-electron chi connectivity index (χ3n) is 2.28. The van der Waals surface area contributed by atoms with Crippen molar-refractivity contribution in [2.75, 3.05) is 0 Å². The molecule has 5 heteroatoms. The predicted octanol–water partition coefficient (Wildman–Crippen LogP) is 2.72. The molecule has 5 nitrogen and oxygen atoms in total. The van der Waals surface area contributed by atoms with Gasteiger partial charge >= 0.3 is 5.82 Å². The molecule has 0 radical (unpaired) electrons. The van der Waals surface area contributed by atoms with Crippen molar-refractivity contribution in [3.63, 3.8) is 0 Å². The van der Waals surface area contributed by atoms with E-state index in [1.54, 1.807) is 0 Å². The fourth-order valence-electron chi connectivity index (χ4n) is 1.44. The fraction of sp³-hybridized carbons (Fsp3) is 0. The van der Waals surface area contributed by atoms with Crippen molar-refractivity contribution in [1.82, 2.24) is 4.91 Å². The lowest BCUT2D eigenvalue weighted by Crippen LogP contribution is -2.12. The van der Waals surface area contributed by atoms with E-state index in [4.69, 9.17) is 5.26 Å². The highest BCUT2D eigenvalue weighted by Gasteiger charge is 1.96. The third-order valence-corrected chi connectivity index (χ3v) is 2.28. The van der Waals surface area contributed by atoms with Crippen LogP contribution >= 0.6 is 0 Å². The number of benzene rings is 2. The molecule has 0 aliphatic carbocycles. The topological polar surface area (TPSA) is 72.1 Å². The molecule has 1 heterocycles. The minimum Gasteiger partial charge on any atom is -0.258 e. The van der Waals surface area contributed by atoms with Gasteiger partial charge < -0.3 is 0 Å². The van der Waals surface area contributed by atoms with Gasteiger partial charge in [-0.05, 0) is 11.1 Å². The first kappa shape index (κ1) is 12.5. The van der Waals surface area contributed by atoms with Crippen LogP contribution in [0.25, 0.3) is 11.1 Å². The Labute approximate surface area is 108 Å². The number of hydrogen-bond donors (Lipinski definition) is 0. The van der Waals surface area contributed by atoms with Crippen molar-refractivity contribution in [2.24, 2.45) is 0 Å². The second-order valence-electron chi connectivity index (χ2n) is 3.52. The maximum atomic E-state index is 9.63. The van der Waals surface area contributed by atoms with Gasteiger partial charge in [0.05, 0.1) is 4.91 Å². The molecule has 0 atom stereocenters. The summed E-state index contributed by atoms with van der Waals surface area (Å²) < 4.78 is 7.80. The second-order valence-corrected chi connectivity index (χ2v) is 3.52. The second kappa shape index (κ2) is 6.07. The lowest BCUT2D eigenvalue weighted by atomic mass is 10.1. The zero-order valence-electron chi connectivity index (χ0n) is 9.89. The highest BCUT2D eigenvalue weighted by atomic mass is 16.8. The third kappa shape index (κ3) is 3.48. The van der Waals surface area contributed by atoms with E-state index in [2.05, 4.69) is 57.6 Å². The Hall–Kier alpha value is -3.00. The molecule has 0 bridgehead atoms. The van der Waals surface area contributed by atoms with Gasteiger partial charge in [0, 0.05) is 0 Å². The molecular formula is C14H10N2O3. The molecular weight excluding hydrogens is 244 g/mol. The summed E-state index contributed by atoms with van der Waals surface area (Å²) in [7, 11) is 0. The van der Waals surface area contributed by atoms with Crippen molar-refractivity contribution in [3.05, 3.63) is 71.3 Å². The van der Waals surface area contributed by atoms with E-state index in [0.29, 0.717) is 4.91 Å². The molecule has 0 saturated carbocycles. The normalized spacial score (nSPS) is 9.21. The average molecular weight is 254 g/mol. The Balaban J connectivity index is 0.000000163. The minimum atomic E-state index is -0.846. The monoisotopic (exact) mass is 254 g/mol. The molecule has 1 aromatic heterocycles. The molecule has 0 amide bonds. The first-order chi connectivity index (χ1) is 9.29. The van der Waals surface area contributed by atoms with Crippen molar-refractivity contribution < 1.29 is 9.05 Å². The number of rotatable bonds is 1. The van der Waals surface area contributed by atoms with E-state index in [1.165, 1.54) is 17.3 Å². The van der Waals surface area contributed by atoms with Crippen LogP contribution in [0.5, 0.6) is 0 Å². The van der Waals surface area contributed by atoms with Crippen LogP contribution in [0.4, 0.5) is 0 Å². The summed E-state index contributed by atoms with van der Waals surface area (Å²) in [5.41, 5.74) is 2.55. The highest BCUT2D eigenvalue weighted by Crippen LogP contribution is 2.17. The van der Waals surface area contributed by atoms with E-state index >= 15 is 0 Å². The van der Waals surface area contributed by atoms with Gasteiger partial charge in [0.2, 0.25) is 0 Å². The van der Waals surface area contributed by atoms with Gasteiger partial charge in [0.15, 0.2) is 0 Å². The molecule has 0 fully saturated rings. The molecule has 2 aromatic carbocycles. The summed E-state index contributed by atoms with van der Waals surface area (Å²) in [5, 5.41) is 7.78. The Kier molecular flexibility index (Phi) is 3.98. The smallest absolute Gasteiger partial charge is 0.258 e. The van der Waals surface area contributed by atoms with Crippen molar-refractivity contribution in [2.45, 2.75) is 0 Å². The summed E-state index contributed by atoms with van der Waals surface area (Å²) in [6.45, 7) is 0. The summed E-state index contributed by atoms with van der Waals surface area (Å²) >= 11 is 0. The number of nitrogens with zero attached hydrogens (tertiary/aromatic N) is 2. The van der Waals surface area contributed by atoms with Crippen LogP contribution in [-0.2, 0) is 0 Å². The first-order valence-electron chi connectivity index (χ1n) is 5.50. The molecule has 0 aliphatic heterocycles. The largest absolute Gasteiger partial charge is 0.565 e. The van der Waals surface area contributed by atoms with Crippen LogP contribution in [0.15, 0.2) is 74.5 Å². The average Bonchev–Trinajstić information content (AvgIpc) is 2.46. The van der Waals surface area contributed by atoms with Crippen molar-refractivity contribution in [3.8, 4) is 17.3 Å². The van der Waals surface area contributed by atoms with Gasteiger partial charge in [-0.1, -0.05) is 60.7 Å². The van der Waals surface area contributed by atoms with E-state index < -0.39 is 5.82 Å². The number of hydrogen-bond acceptors (Lipinski definition) is 4. The van der Waals surface area contributed by atoms with E-state index in [0.717, 1.165) is 0 Å². The van der Waals surface area contributed by atoms with Crippen LogP contribution in [0, 0.1) is 11.5 Å². The van der Waals surface area contributed by atoms with Crippen molar-refractivity contribution >= 4 is 0 Å². The zero-order chi connectivity index (χ0) is 13.5. The molecule has 3 rings (SSSR count). The summed E-state index contributed by atoms with van der Waals surface area (Å²) in [6, 6.07) is 20.8. The summed E-state index contributed by atoms with van der Waals surface area (Å²) in [6.07, 6.45) is 1.40. The van der Waals surface area contributed by atoms with Gasteiger partial charge in [-0.3, -0.25) is 9.05 Å². The maximum Gasteiger partial charge on any atom is 0.565 e. The van der Waals surface area contributed by atoms with Gasteiger partial charge in [-0.25, -0.2) is 0 Å². The molecule has 3 aromatic rings. The number of aromatic nitrogens is 1. The van der Waals surface area contributed by atoms with Crippen LogP contribution in [-0.4, -0.2) is 4.91 Å². The predicted molar refractivity (Wildman–Crippen MR) is 68.1 cm³/mol. The van der Waals surface area contributed by atoms with Crippen molar-refractivity contribution in [1.29, 1.82) is 5.26 Å². The lowest BCUT2D eigenvalue weighted by Gasteiger charge is -1.98. The van der Waals surface area contributed by atoms with Gasteiger partial charge in [-0.2, -0.15) is 10.1 Å². The molecule has 19 heavy (non-hydrogen) atoms. The highest BCUT2D eigenvalue weighted by molar-refractivity contribution is 5.62. The summed E-state index contributed by atoms with van der Waals surface area (Å²) in [5.74, 6) is -0.846. The Morgan fingerprint density at radius 1 is 0.842 bits per heavy atom. The van der Waals surface area contributed by atoms with Crippen LogP contribution < -0.4 is 5.82 Å². The minimum absolute atomic E-state index is 0.405. The molecule has 94 valence electrons. The standard InChI is InChI=1S/C12H10.C2N2O3/c1-3-7-11(8-4-1)12-9-5-2-6-10-12;3-1-4-6-2(5)7-4/h1-10H;. The van der Waals surface area contributed by atoms with Gasteiger partial charge in [0.25, 0.3) is 6.19 Å².